The molecule has 214 valence electrons. The van der Waals surface area contributed by atoms with Gasteiger partial charge in [-0.15, -0.1) is 0 Å². The Morgan fingerprint density at radius 2 is 1.48 bits per heavy atom. The Labute approximate surface area is 237 Å². The quantitative estimate of drug-likeness (QED) is 0.324. The number of nitrogens with zero attached hydrogens (tertiary/aromatic N) is 2. The molecular weight excluding hydrogens is 529 g/mol. The van der Waals surface area contributed by atoms with Crippen molar-refractivity contribution >= 4 is 27.5 Å². The van der Waals surface area contributed by atoms with Gasteiger partial charge in [0.25, 0.3) is 0 Å². The first-order chi connectivity index (χ1) is 19.0. The van der Waals surface area contributed by atoms with E-state index in [1.165, 1.54) is 17.0 Å². The Morgan fingerprint density at radius 3 is 2.02 bits per heavy atom. The summed E-state index contributed by atoms with van der Waals surface area (Å²) in [4.78, 5) is 29.1. The van der Waals surface area contributed by atoms with Gasteiger partial charge < -0.3 is 10.2 Å². The third-order valence-electron chi connectivity index (χ3n) is 6.85. The van der Waals surface area contributed by atoms with E-state index in [-0.39, 0.29) is 24.9 Å². The van der Waals surface area contributed by atoms with E-state index in [1.807, 2.05) is 63.2 Å². The van der Waals surface area contributed by atoms with Crippen molar-refractivity contribution in [3.8, 4) is 0 Å². The van der Waals surface area contributed by atoms with Gasteiger partial charge in [0.15, 0.2) is 0 Å². The van der Waals surface area contributed by atoms with Crippen molar-refractivity contribution in [1.29, 1.82) is 0 Å². The monoisotopic (exact) mass is 567 g/mol. The fourth-order valence-corrected chi connectivity index (χ4v) is 5.14. The van der Waals surface area contributed by atoms with E-state index in [1.54, 1.807) is 24.3 Å². The summed E-state index contributed by atoms with van der Waals surface area (Å²) in [7, 11) is -3.84. The summed E-state index contributed by atoms with van der Waals surface area (Å²) in [6.45, 7) is 5.34. The highest BCUT2D eigenvalue weighted by molar-refractivity contribution is 7.92. The molecule has 0 aliphatic rings. The highest BCUT2D eigenvalue weighted by Crippen LogP contribution is 2.21. The van der Waals surface area contributed by atoms with Crippen LogP contribution in [0.2, 0.25) is 0 Å². The second-order valence-electron chi connectivity index (χ2n) is 9.96. The predicted molar refractivity (Wildman–Crippen MR) is 157 cm³/mol. The van der Waals surface area contributed by atoms with E-state index >= 15 is 0 Å². The van der Waals surface area contributed by atoms with Crippen LogP contribution in [0.5, 0.6) is 0 Å². The highest BCUT2D eigenvalue weighted by Gasteiger charge is 2.33. The second kappa shape index (κ2) is 14.1. The summed E-state index contributed by atoms with van der Waals surface area (Å²) >= 11 is 0. The van der Waals surface area contributed by atoms with Gasteiger partial charge in [-0.2, -0.15) is 0 Å². The first kappa shape index (κ1) is 30.8. The minimum atomic E-state index is -3.84. The number of benzene rings is 3. The van der Waals surface area contributed by atoms with Crippen LogP contribution in [-0.4, -0.2) is 50.0 Å². The van der Waals surface area contributed by atoms with Crippen molar-refractivity contribution in [3.05, 3.63) is 101 Å². The van der Waals surface area contributed by atoms with Crippen molar-refractivity contribution in [2.45, 2.75) is 58.7 Å². The van der Waals surface area contributed by atoms with Crippen molar-refractivity contribution in [3.63, 3.8) is 0 Å². The normalized spacial score (nSPS) is 12.8. The lowest BCUT2D eigenvalue weighted by molar-refractivity contribution is -0.140. The molecule has 0 radical (unpaired) electrons. The standard InChI is InChI=1S/C31H38FN3O4S/c1-5-23(3)33-31(37)29(20-25-10-8-7-9-11-25)34(21-26-12-16-27(32)17-13-26)30(36)22-35(40(4,38)39)28-18-14-24(6-2)15-19-28/h7-19,23,29H,5-6,20-22H2,1-4H3,(H,33,37). The van der Waals surface area contributed by atoms with Gasteiger partial charge in [-0.1, -0.05) is 68.4 Å². The predicted octanol–water partition coefficient (Wildman–Crippen LogP) is 4.71. The number of nitrogens with one attached hydrogen (secondary N) is 1. The van der Waals surface area contributed by atoms with Crippen molar-refractivity contribution in [1.82, 2.24) is 10.2 Å². The average Bonchev–Trinajstić information content (AvgIpc) is 2.94. The van der Waals surface area contributed by atoms with E-state index in [0.717, 1.165) is 28.1 Å². The highest BCUT2D eigenvalue weighted by atomic mass is 32.2. The zero-order valence-electron chi connectivity index (χ0n) is 23.5. The minimum absolute atomic E-state index is 0.00306. The maximum atomic E-state index is 14.0. The summed E-state index contributed by atoms with van der Waals surface area (Å²) in [6, 6.07) is 21.0. The number of hydrogen-bond acceptors (Lipinski definition) is 4. The van der Waals surface area contributed by atoms with Crippen LogP contribution < -0.4 is 9.62 Å². The molecule has 1 N–H and O–H groups in total. The van der Waals surface area contributed by atoms with Crippen LogP contribution in [0.1, 0.15) is 43.9 Å². The number of aryl methyl sites for hydroxylation is 1. The molecule has 2 unspecified atom stereocenters. The Kier molecular flexibility index (Phi) is 10.8. The molecule has 3 aromatic rings. The third kappa shape index (κ3) is 8.64. The van der Waals surface area contributed by atoms with Crippen LogP contribution >= 0.6 is 0 Å². The molecule has 2 amide bonds. The summed E-state index contributed by atoms with van der Waals surface area (Å²) < 4.78 is 40.4. The lowest BCUT2D eigenvalue weighted by atomic mass is 10.0. The van der Waals surface area contributed by atoms with E-state index in [2.05, 4.69) is 5.32 Å². The molecule has 7 nitrogen and oxygen atoms in total. The zero-order chi connectivity index (χ0) is 29.3. The molecule has 0 fully saturated rings. The molecule has 3 aromatic carbocycles. The number of halogens is 1. The molecule has 2 atom stereocenters. The molecule has 0 aliphatic carbocycles. The maximum Gasteiger partial charge on any atom is 0.244 e. The van der Waals surface area contributed by atoms with Crippen LogP contribution in [0.3, 0.4) is 0 Å². The van der Waals surface area contributed by atoms with Gasteiger partial charge in [0.05, 0.1) is 11.9 Å². The molecule has 0 saturated heterocycles. The molecular formula is C31H38FN3O4S. The molecule has 0 heterocycles. The van der Waals surface area contributed by atoms with Crippen molar-refractivity contribution in [2.24, 2.45) is 0 Å². The number of hydrogen-bond donors (Lipinski definition) is 1. The van der Waals surface area contributed by atoms with E-state index < -0.39 is 34.3 Å². The third-order valence-corrected chi connectivity index (χ3v) is 7.99. The number of rotatable bonds is 13. The minimum Gasteiger partial charge on any atom is -0.352 e. The number of sulfonamides is 1. The molecule has 0 spiro atoms. The lowest BCUT2D eigenvalue weighted by Gasteiger charge is -2.34. The SMILES string of the molecule is CCc1ccc(N(CC(=O)N(Cc2ccc(F)cc2)C(Cc2ccccc2)C(=O)NC(C)CC)S(C)(=O)=O)cc1. The summed E-state index contributed by atoms with van der Waals surface area (Å²) in [5.74, 6) is -1.31. The maximum absolute atomic E-state index is 14.0. The summed E-state index contributed by atoms with van der Waals surface area (Å²) in [6.07, 6.45) is 2.76. The van der Waals surface area contributed by atoms with Gasteiger partial charge in [-0.3, -0.25) is 13.9 Å². The van der Waals surface area contributed by atoms with Crippen molar-refractivity contribution in [2.75, 3.05) is 17.1 Å². The molecule has 9 heteroatoms. The Balaban J connectivity index is 2.04. The zero-order valence-corrected chi connectivity index (χ0v) is 24.3. The van der Waals surface area contributed by atoms with Crippen molar-refractivity contribution < 1.29 is 22.4 Å². The second-order valence-corrected chi connectivity index (χ2v) is 11.9. The molecule has 3 rings (SSSR count). The molecule has 0 bridgehead atoms. The number of anilines is 1. The van der Waals surface area contributed by atoms with Gasteiger partial charge in [-0.25, -0.2) is 12.8 Å². The fourth-order valence-electron chi connectivity index (χ4n) is 4.29. The Hall–Kier alpha value is -3.72. The first-order valence-electron chi connectivity index (χ1n) is 13.5. The number of amides is 2. The molecule has 40 heavy (non-hydrogen) atoms. The smallest absolute Gasteiger partial charge is 0.244 e. The summed E-state index contributed by atoms with van der Waals surface area (Å²) in [5, 5.41) is 2.98. The van der Waals surface area contributed by atoms with E-state index in [0.29, 0.717) is 17.7 Å². The van der Waals surface area contributed by atoms with Gasteiger partial charge in [0.1, 0.15) is 18.4 Å². The Morgan fingerprint density at radius 1 is 0.875 bits per heavy atom. The van der Waals surface area contributed by atoms with Crippen LogP contribution in [-0.2, 0) is 39.0 Å². The van der Waals surface area contributed by atoms with Gasteiger partial charge in [0, 0.05) is 19.0 Å². The Bertz CT molecular complexity index is 1360. The largest absolute Gasteiger partial charge is 0.352 e. The number of carbonyl (C=O) groups is 2. The first-order valence-corrected chi connectivity index (χ1v) is 15.3. The topological polar surface area (TPSA) is 86.8 Å². The molecule has 0 aromatic heterocycles. The average molecular weight is 568 g/mol. The van der Waals surface area contributed by atoms with Crippen LogP contribution in [0.15, 0.2) is 78.9 Å². The van der Waals surface area contributed by atoms with Gasteiger partial charge in [-0.05, 0) is 60.7 Å². The fraction of sp³-hybridized carbons (Fsp3) is 0.355. The van der Waals surface area contributed by atoms with Gasteiger partial charge in [0.2, 0.25) is 21.8 Å². The van der Waals surface area contributed by atoms with E-state index in [9.17, 15) is 22.4 Å². The van der Waals surface area contributed by atoms with Crippen LogP contribution in [0, 0.1) is 5.82 Å². The van der Waals surface area contributed by atoms with Crippen LogP contribution in [0.25, 0.3) is 0 Å². The van der Waals surface area contributed by atoms with E-state index in [4.69, 9.17) is 0 Å². The van der Waals surface area contributed by atoms with Crippen LogP contribution in [0.4, 0.5) is 10.1 Å². The summed E-state index contributed by atoms with van der Waals surface area (Å²) in [5.41, 5.74) is 2.85. The lowest BCUT2D eigenvalue weighted by Crippen LogP contribution is -2.54. The number of carbonyl (C=O) groups excluding carboxylic acids is 2. The molecule has 0 saturated carbocycles. The molecule has 0 aliphatic heterocycles. The van der Waals surface area contributed by atoms with Gasteiger partial charge >= 0.3 is 0 Å².